The van der Waals surface area contributed by atoms with Gasteiger partial charge in [-0.2, -0.15) is 5.26 Å². The Hall–Kier alpha value is -2.80. The zero-order valence-electron chi connectivity index (χ0n) is 13.2. The number of ether oxygens (including phenoxy) is 1. The highest BCUT2D eigenvalue weighted by atomic mass is 16.5. The molecule has 0 heterocycles. The Morgan fingerprint density at radius 2 is 1.78 bits per heavy atom. The molecule has 0 unspecified atom stereocenters. The quantitative estimate of drug-likeness (QED) is 0.789. The first-order valence-corrected chi connectivity index (χ1v) is 7.54. The summed E-state index contributed by atoms with van der Waals surface area (Å²) in [6.45, 7) is 0.970. The molecule has 0 saturated carbocycles. The highest BCUT2D eigenvalue weighted by Gasteiger charge is 2.14. The molecular weight excluding hydrogens is 288 g/mol. The van der Waals surface area contributed by atoms with Gasteiger partial charge in [-0.3, -0.25) is 4.79 Å². The lowest BCUT2D eigenvalue weighted by molar-refractivity contribution is -0.131. The van der Waals surface area contributed by atoms with Crippen molar-refractivity contribution in [1.29, 1.82) is 5.26 Å². The number of nitriles is 1. The van der Waals surface area contributed by atoms with Gasteiger partial charge in [0.25, 0.3) is 0 Å². The molecule has 0 aliphatic carbocycles. The number of benzene rings is 2. The molecule has 23 heavy (non-hydrogen) atoms. The minimum Gasteiger partial charge on any atom is -0.497 e. The monoisotopic (exact) mass is 308 g/mol. The van der Waals surface area contributed by atoms with Gasteiger partial charge in [-0.25, -0.2) is 0 Å². The van der Waals surface area contributed by atoms with Crippen molar-refractivity contribution in [3.63, 3.8) is 0 Å². The van der Waals surface area contributed by atoms with E-state index >= 15 is 0 Å². The fraction of sp³-hybridized carbons (Fsp3) is 0.263. The number of nitrogens with zero attached hydrogens (tertiary/aromatic N) is 2. The van der Waals surface area contributed by atoms with Crippen molar-refractivity contribution in [2.75, 3.05) is 13.7 Å². The van der Waals surface area contributed by atoms with Crippen molar-refractivity contribution in [3.05, 3.63) is 65.7 Å². The molecule has 0 saturated heterocycles. The fourth-order valence-corrected chi connectivity index (χ4v) is 2.31. The van der Waals surface area contributed by atoms with Crippen LogP contribution >= 0.6 is 0 Å². The number of methoxy groups -OCH3 is 1. The van der Waals surface area contributed by atoms with E-state index in [1.54, 1.807) is 12.0 Å². The molecule has 0 bridgehead atoms. The van der Waals surface area contributed by atoms with Crippen molar-refractivity contribution >= 4 is 5.91 Å². The van der Waals surface area contributed by atoms with Gasteiger partial charge in [0.1, 0.15) is 5.75 Å². The third-order valence-corrected chi connectivity index (χ3v) is 3.58. The summed E-state index contributed by atoms with van der Waals surface area (Å²) in [4.78, 5) is 14.3. The molecule has 1 amide bonds. The van der Waals surface area contributed by atoms with Crippen LogP contribution in [0.4, 0.5) is 0 Å². The molecule has 118 valence electrons. The van der Waals surface area contributed by atoms with Gasteiger partial charge in [0.2, 0.25) is 5.91 Å². The van der Waals surface area contributed by atoms with Crippen LogP contribution in [0.3, 0.4) is 0 Å². The Labute approximate surface area is 136 Å². The van der Waals surface area contributed by atoms with Gasteiger partial charge in [-0.05, 0) is 23.3 Å². The number of carbonyl (C=O) groups is 1. The summed E-state index contributed by atoms with van der Waals surface area (Å²) in [5.74, 6) is 0.793. The summed E-state index contributed by atoms with van der Waals surface area (Å²) in [7, 11) is 1.61. The van der Waals surface area contributed by atoms with E-state index in [2.05, 4.69) is 6.07 Å². The Morgan fingerprint density at radius 1 is 1.09 bits per heavy atom. The van der Waals surface area contributed by atoms with E-state index in [1.165, 1.54) is 0 Å². The normalized spacial score (nSPS) is 9.91. The number of hydrogen-bond acceptors (Lipinski definition) is 3. The molecule has 0 N–H and O–H groups in total. The summed E-state index contributed by atoms with van der Waals surface area (Å²) < 4.78 is 5.12. The Morgan fingerprint density at radius 3 is 2.39 bits per heavy atom. The van der Waals surface area contributed by atoms with Gasteiger partial charge in [0.05, 0.1) is 26.0 Å². The molecule has 0 spiro atoms. The topological polar surface area (TPSA) is 53.3 Å². The largest absolute Gasteiger partial charge is 0.497 e. The molecule has 0 fully saturated rings. The SMILES string of the molecule is COc1ccc(CC(=O)N(CCC#N)Cc2ccccc2)cc1. The highest BCUT2D eigenvalue weighted by molar-refractivity contribution is 5.78. The van der Waals surface area contributed by atoms with Crippen molar-refractivity contribution in [1.82, 2.24) is 4.90 Å². The average molecular weight is 308 g/mol. The maximum atomic E-state index is 12.6. The Bertz CT molecular complexity index is 660. The lowest BCUT2D eigenvalue weighted by Gasteiger charge is -2.22. The molecule has 0 radical (unpaired) electrons. The molecule has 0 atom stereocenters. The van der Waals surface area contributed by atoms with Gasteiger partial charge in [-0.1, -0.05) is 42.5 Å². The zero-order chi connectivity index (χ0) is 16.5. The first-order chi connectivity index (χ1) is 11.2. The number of amides is 1. The first-order valence-electron chi connectivity index (χ1n) is 7.54. The maximum absolute atomic E-state index is 12.6. The zero-order valence-corrected chi connectivity index (χ0v) is 13.2. The van der Waals surface area contributed by atoms with E-state index in [0.29, 0.717) is 25.9 Å². The molecule has 0 aromatic heterocycles. The third kappa shape index (κ3) is 5.15. The summed E-state index contributed by atoms with van der Waals surface area (Å²) >= 11 is 0. The van der Waals surface area contributed by atoms with Gasteiger partial charge >= 0.3 is 0 Å². The predicted octanol–water partition coefficient (Wildman–Crippen LogP) is 3.18. The van der Waals surface area contributed by atoms with Crippen LogP contribution < -0.4 is 4.74 Å². The molecule has 2 aromatic carbocycles. The lowest BCUT2D eigenvalue weighted by Crippen LogP contribution is -2.32. The van der Waals surface area contributed by atoms with E-state index in [0.717, 1.165) is 16.9 Å². The average Bonchev–Trinajstić information content (AvgIpc) is 2.60. The first kappa shape index (κ1) is 16.6. The predicted molar refractivity (Wildman–Crippen MR) is 88.8 cm³/mol. The summed E-state index contributed by atoms with van der Waals surface area (Å²) in [5.41, 5.74) is 2.00. The van der Waals surface area contributed by atoms with E-state index in [-0.39, 0.29) is 5.91 Å². The van der Waals surface area contributed by atoms with Gasteiger partial charge < -0.3 is 9.64 Å². The van der Waals surface area contributed by atoms with Crippen LogP contribution in [0.15, 0.2) is 54.6 Å². The second-order valence-electron chi connectivity index (χ2n) is 5.23. The minimum absolute atomic E-state index is 0.0225. The summed E-state index contributed by atoms with van der Waals surface area (Å²) in [6.07, 6.45) is 0.656. The highest BCUT2D eigenvalue weighted by Crippen LogP contribution is 2.13. The van der Waals surface area contributed by atoms with E-state index in [9.17, 15) is 4.79 Å². The van der Waals surface area contributed by atoms with E-state index in [4.69, 9.17) is 10.00 Å². The molecule has 4 heteroatoms. The van der Waals surface area contributed by atoms with Gasteiger partial charge in [0.15, 0.2) is 0 Å². The molecule has 4 nitrogen and oxygen atoms in total. The second-order valence-corrected chi connectivity index (χ2v) is 5.23. The van der Waals surface area contributed by atoms with E-state index in [1.807, 2.05) is 54.6 Å². The number of hydrogen-bond donors (Lipinski definition) is 0. The maximum Gasteiger partial charge on any atom is 0.227 e. The van der Waals surface area contributed by atoms with Crippen LogP contribution in [0.5, 0.6) is 5.75 Å². The van der Waals surface area contributed by atoms with Gasteiger partial charge in [-0.15, -0.1) is 0 Å². The summed E-state index contributed by atoms with van der Waals surface area (Å²) in [5, 5.41) is 8.81. The van der Waals surface area contributed by atoms with E-state index < -0.39 is 0 Å². The van der Waals surface area contributed by atoms with Crippen molar-refractivity contribution < 1.29 is 9.53 Å². The van der Waals surface area contributed by atoms with Crippen molar-refractivity contribution in [2.45, 2.75) is 19.4 Å². The number of rotatable bonds is 7. The fourth-order valence-electron chi connectivity index (χ4n) is 2.31. The van der Waals surface area contributed by atoms with Gasteiger partial charge in [0, 0.05) is 13.1 Å². The van der Waals surface area contributed by atoms with Crippen LogP contribution in [-0.2, 0) is 17.8 Å². The standard InChI is InChI=1S/C19H20N2O2/c1-23-18-10-8-16(9-11-18)14-19(22)21(13-5-12-20)15-17-6-3-2-4-7-17/h2-4,6-11H,5,13-15H2,1H3. The summed E-state index contributed by atoms with van der Waals surface area (Å²) in [6, 6.07) is 19.4. The molecular formula is C19H20N2O2. The smallest absolute Gasteiger partial charge is 0.227 e. The van der Waals surface area contributed by atoms with Crippen molar-refractivity contribution in [3.8, 4) is 11.8 Å². The van der Waals surface area contributed by atoms with Crippen molar-refractivity contribution in [2.24, 2.45) is 0 Å². The van der Waals surface area contributed by atoms with Crippen LogP contribution in [0, 0.1) is 11.3 Å². The molecule has 2 rings (SSSR count). The minimum atomic E-state index is 0.0225. The van der Waals surface area contributed by atoms with Crippen LogP contribution in [0.25, 0.3) is 0 Å². The molecule has 0 aliphatic rings. The Kier molecular flexibility index (Phi) is 6.19. The molecule has 2 aromatic rings. The third-order valence-electron chi connectivity index (χ3n) is 3.58. The lowest BCUT2D eigenvalue weighted by atomic mass is 10.1. The Balaban J connectivity index is 2.04. The van der Waals surface area contributed by atoms with Crippen LogP contribution in [0.1, 0.15) is 17.5 Å². The van der Waals surface area contributed by atoms with Crippen LogP contribution in [-0.4, -0.2) is 24.5 Å². The second kappa shape index (κ2) is 8.60. The molecule has 0 aliphatic heterocycles. The van der Waals surface area contributed by atoms with Crippen LogP contribution in [0.2, 0.25) is 0 Å². The number of carbonyl (C=O) groups excluding carboxylic acids is 1.